The van der Waals surface area contributed by atoms with Gasteiger partial charge >= 0.3 is 6.09 Å². The Balaban J connectivity index is 1.81. The number of alkyl halides is 1. The van der Waals surface area contributed by atoms with Gasteiger partial charge in [-0.05, 0) is 24.7 Å². The molecular formula is C13H23BrN2O3. The van der Waals surface area contributed by atoms with Crippen LogP contribution in [0.4, 0.5) is 4.79 Å². The first-order chi connectivity index (χ1) is 9.17. The van der Waals surface area contributed by atoms with Gasteiger partial charge in [-0.1, -0.05) is 15.9 Å². The van der Waals surface area contributed by atoms with Gasteiger partial charge in [0.15, 0.2) is 0 Å². The van der Waals surface area contributed by atoms with Crippen molar-refractivity contribution in [3.63, 3.8) is 0 Å². The van der Waals surface area contributed by atoms with Crippen LogP contribution in [0.15, 0.2) is 0 Å². The fourth-order valence-electron chi connectivity index (χ4n) is 2.93. The van der Waals surface area contributed by atoms with Gasteiger partial charge in [0.2, 0.25) is 0 Å². The summed E-state index contributed by atoms with van der Waals surface area (Å²) in [6, 6.07) is 0.222. The van der Waals surface area contributed by atoms with E-state index in [1.54, 1.807) is 0 Å². The molecular weight excluding hydrogens is 312 g/mol. The lowest BCUT2D eigenvalue weighted by molar-refractivity contribution is 0.0114. The summed E-state index contributed by atoms with van der Waals surface area (Å²) >= 11 is 3.67. The molecule has 2 fully saturated rings. The molecule has 110 valence electrons. The molecule has 5 nitrogen and oxygen atoms in total. The number of carbonyl (C=O) groups is 1. The van der Waals surface area contributed by atoms with Crippen molar-refractivity contribution < 1.29 is 14.3 Å². The van der Waals surface area contributed by atoms with Gasteiger partial charge in [0.1, 0.15) is 0 Å². The molecule has 1 unspecified atom stereocenters. The van der Waals surface area contributed by atoms with E-state index in [9.17, 15) is 4.79 Å². The van der Waals surface area contributed by atoms with Gasteiger partial charge in [-0.3, -0.25) is 0 Å². The molecule has 0 aromatic rings. The highest BCUT2D eigenvalue weighted by Crippen LogP contribution is 2.34. The van der Waals surface area contributed by atoms with Crippen LogP contribution in [0.2, 0.25) is 0 Å². The largest absolute Gasteiger partial charge is 0.453 e. The number of methoxy groups -OCH3 is 1. The van der Waals surface area contributed by atoms with Crippen LogP contribution >= 0.6 is 15.9 Å². The first kappa shape index (κ1) is 15.1. The zero-order valence-electron chi connectivity index (χ0n) is 11.5. The van der Waals surface area contributed by atoms with E-state index in [1.807, 2.05) is 0 Å². The van der Waals surface area contributed by atoms with Crippen molar-refractivity contribution in [3.8, 4) is 0 Å². The lowest BCUT2D eigenvalue weighted by Gasteiger charge is -2.38. The Kier molecular flexibility index (Phi) is 5.47. The maximum absolute atomic E-state index is 11.2. The minimum atomic E-state index is -0.326. The fourth-order valence-corrected chi connectivity index (χ4v) is 3.67. The predicted octanol–water partition coefficient (Wildman–Crippen LogP) is 1.61. The summed E-state index contributed by atoms with van der Waals surface area (Å²) in [6.07, 6.45) is 2.91. The SMILES string of the molecule is COC(=O)NC1CCN(CC2(CBr)CCOCC2)C1. The molecule has 2 aliphatic rings. The van der Waals surface area contributed by atoms with Crippen molar-refractivity contribution >= 4 is 22.0 Å². The van der Waals surface area contributed by atoms with Crippen molar-refractivity contribution in [2.75, 3.05) is 45.3 Å². The monoisotopic (exact) mass is 334 g/mol. The molecule has 19 heavy (non-hydrogen) atoms. The summed E-state index contributed by atoms with van der Waals surface area (Å²) in [5.74, 6) is 0. The third-order valence-corrected chi connectivity index (χ3v) is 5.37. The van der Waals surface area contributed by atoms with Crippen molar-refractivity contribution in [2.45, 2.75) is 25.3 Å². The van der Waals surface area contributed by atoms with E-state index in [2.05, 4.69) is 30.9 Å². The number of hydrogen-bond donors (Lipinski definition) is 1. The van der Waals surface area contributed by atoms with Crippen LogP contribution < -0.4 is 5.32 Å². The summed E-state index contributed by atoms with van der Waals surface area (Å²) in [7, 11) is 1.41. The van der Waals surface area contributed by atoms with Gasteiger partial charge in [-0.2, -0.15) is 0 Å². The van der Waals surface area contributed by atoms with Gasteiger partial charge in [0, 0.05) is 44.2 Å². The quantitative estimate of drug-likeness (QED) is 0.793. The molecule has 1 N–H and O–H groups in total. The second-order valence-corrected chi connectivity index (χ2v) is 6.16. The number of hydrogen-bond acceptors (Lipinski definition) is 4. The summed E-state index contributed by atoms with van der Waals surface area (Å²) in [4.78, 5) is 13.7. The molecule has 0 radical (unpaired) electrons. The van der Waals surface area contributed by atoms with Crippen molar-refractivity contribution in [3.05, 3.63) is 0 Å². The van der Waals surface area contributed by atoms with Crippen LogP contribution in [0.25, 0.3) is 0 Å². The highest BCUT2D eigenvalue weighted by atomic mass is 79.9. The van der Waals surface area contributed by atoms with E-state index in [0.29, 0.717) is 5.41 Å². The Morgan fingerprint density at radius 3 is 2.89 bits per heavy atom. The van der Waals surface area contributed by atoms with E-state index < -0.39 is 0 Å². The molecule has 0 aromatic carbocycles. The molecule has 2 heterocycles. The Bertz CT molecular complexity index is 308. The van der Waals surface area contributed by atoms with Crippen LogP contribution in [-0.4, -0.2) is 62.3 Å². The highest BCUT2D eigenvalue weighted by Gasteiger charge is 2.36. The summed E-state index contributed by atoms with van der Waals surface area (Å²) in [5, 5.41) is 3.91. The van der Waals surface area contributed by atoms with E-state index >= 15 is 0 Å². The first-order valence-electron chi connectivity index (χ1n) is 6.88. The number of rotatable bonds is 4. The van der Waals surface area contributed by atoms with E-state index in [0.717, 1.165) is 57.4 Å². The van der Waals surface area contributed by atoms with Crippen LogP contribution in [-0.2, 0) is 9.47 Å². The Labute approximate surface area is 123 Å². The molecule has 1 atom stereocenters. The first-order valence-corrected chi connectivity index (χ1v) is 8.00. The van der Waals surface area contributed by atoms with Gasteiger partial charge < -0.3 is 19.7 Å². The molecule has 2 rings (SSSR count). The molecule has 0 bridgehead atoms. The highest BCUT2D eigenvalue weighted by molar-refractivity contribution is 9.09. The number of ether oxygens (including phenoxy) is 2. The number of carbonyl (C=O) groups excluding carboxylic acids is 1. The standard InChI is InChI=1S/C13H23BrN2O3/c1-18-12(17)15-11-2-5-16(8-11)10-13(9-14)3-6-19-7-4-13/h11H,2-10H2,1H3,(H,15,17). The third-order valence-electron chi connectivity index (χ3n) is 4.18. The Hall–Kier alpha value is -0.330. The lowest BCUT2D eigenvalue weighted by Crippen LogP contribution is -2.43. The number of nitrogens with one attached hydrogen (secondary N) is 1. The molecule has 6 heteroatoms. The Morgan fingerprint density at radius 1 is 1.53 bits per heavy atom. The molecule has 2 aliphatic heterocycles. The molecule has 0 saturated carbocycles. The second-order valence-electron chi connectivity index (χ2n) is 5.60. The number of nitrogens with zero attached hydrogens (tertiary/aromatic N) is 1. The molecule has 0 aliphatic carbocycles. The van der Waals surface area contributed by atoms with Crippen LogP contribution in [0.1, 0.15) is 19.3 Å². The van der Waals surface area contributed by atoms with Crippen LogP contribution in [0.3, 0.4) is 0 Å². The van der Waals surface area contributed by atoms with Crippen molar-refractivity contribution in [1.29, 1.82) is 0 Å². The van der Waals surface area contributed by atoms with Gasteiger partial charge in [0.05, 0.1) is 7.11 Å². The van der Waals surface area contributed by atoms with Crippen LogP contribution in [0.5, 0.6) is 0 Å². The number of halogens is 1. The molecule has 1 amide bonds. The summed E-state index contributed by atoms with van der Waals surface area (Å²) in [5.41, 5.74) is 0.332. The predicted molar refractivity (Wildman–Crippen MR) is 76.7 cm³/mol. The fraction of sp³-hybridized carbons (Fsp3) is 0.923. The van der Waals surface area contributed by atoms with E-state index in [-0.39, 0.29) is 12.1 Å². The topological polar surface area (TPSA) is 50.8 Å². The number of amides is 1. The van der Waals surface area contributed by atoms with Gasteiger partial charge in [0.25, 0.3) is 0 Å². The molecule has 0 aromatic heterocycles. The Morgan fingerprint density at radius 2 is 2.26 bits per heavy atom. The summed E-state index contributed by atoms with van der Waals surface area (Å²) in [6.45, 7) is 4.78. The maximum Gasteiger partial charge on any atom is 0.407 e. The second kappa shape index (κ2) is 6.90. The number of alkyl carbamates (subject to hydrolysis) is 1. The zero-order valence-corrected chi connectivity index (χ0v) is 13.1. The smallest absolute Gasteiger partial charge is 0.407 e. The van der Waals surface area contributed by atoms with Crippen molar-refractivity contribution in [2.24, 2.45) is 5.41 Å². The van der Waals surface area contributed by atoms with E-state index in [4.69, 9.17) is 4.74 Å². The normalized spacial score (nSPS) is 27.2. The van der Waals surface area contributed by atoms with Crippen LogP contribution in [0, 0.1) is 5.41 Å². The summed E-state index contributed by atoms with van der Waals surface area (Å²) < 4.78 is 10.1. The average molecular weight is 335 g/mol. The molecule has 0 spiro atoms. The molecule has 2 saturated heterocycles. The average Bonchev–Trinajstić information content (AvgIpc) is 2.86. The number of likely N-dealkylation sites (tertiary alicyclic amines) is 1. The minimum Gasteiger partial charge on any atom is -0.453 e. The lowest BCUT2D eigenvalue weighted by atomic mass is 9.82. The maximum atomic E-state index is 11.2. The zero-order chi connectivity index (χ0) is 13.7. The van der Waals surface area contributed by atoms with Gasteiger partial charge in [-0.25, -0.2) is 4.79 Å². The van der Waals surface area contributed by atoms with E-state index in [1.165, 1.54) is 7.11 Å². The minimum absolute atomic E-state index is 0.222. The third kappa shape index (κ3) is 4.07. The van der Waals surface area contributed by atoms with Crippen molar-refractivity contribution in [1.82, 2.24) is 10.2 Å². The van der Waals surface area contributed by atoms with Gasteiger partial charge in [-0.15, -0.1) is 0 Å².